The molecule has 1 aliphatic rings. The fraction of sp³-hybridized carbons (Fsp3) is 1.00. The summed E-state index contributed by atoms with van der Waals surface area (Å²) < 4.78 is 6.34. The van der Waals surface area contributed by atoms with Gasteiger partial charge >= 0.3 is 0 Å². The van der Waals surface area contributed by atoms with Crippen LogP contribution in [0, 0.1) is 0 Å². The van der Waals surface area contributed by atoms with Crippen molar-refractivity contribution in [2.75, 3.05) is 5.52 Å². The number of ether oxygens (including phenoxy) is 1. The summed E-state index contributed by atoms with van der Waals surface area (Å²) in [5.74, 6) is 0. The fourth-order valence-electron chi connectivity index (χ4n) is 1.28. The molecule has 0 aromatic rings. The smallest absolute Gasteiger partial charge is 0.102 e. The standard InChI is InChI=1S/C7H12BrIO/c8-5-10-7-3-1-6(9)2-4-7/h6-7H,1-5H2. The fourth-order valence-corrected chi connectivity index (χ4v) is 2.37. The Kier molecular flexibility index (Phi) is 4.57. The monoisotopic (exact) mass is 318 g/mol. The Labute approximate surface area is 84.2 Å². The van der Waals surface area contributed by atoms with E-state index < -0.39 is 0 Å². The zero-order valence-electron chi connectivity index (χ0n) is 5.85. The largest absolute Gasteiger partial charge is 0.367 e. The molecule has 1 saturated carbocycles. The number of alkyl halides is 2. The van der Waals surface area contributed by atoms with Crippen LogP contribution in [0.15, 0.2) is 0 Å². The highest BCUT2D eigenvalue weighted by atomic mass is 127. The first kappa shape index (κ1) is 9.26. The average molecular weight is 319 g/mol. The van der Waals surface area contributed by atoms with E-state index in [1.807, 2.05) is 0 Å². The molecule has 0 saturated heterocycles. The van der Waals surface area contributed by atoms with Crippen LogP contribution in [0.25, 0.3) is 0 Å². The number of hydrogen-bond acceptors (Lipinski definition) is 1. The molecule has 10 heavy (non-hydrogen) atoms. The normalized spacial score (nSPS) is 34.2. The molecule has 0 aromatic carbocycles. The van der Waals surface area contributed by atoms with Gasteiger partial charge in [0.25, 0.3) is 0 Å². The van der Waals surface area contributed by atoms with E-state index in [2.05, 4.69) is 38.5 Å². The Bertz CT molecular complexity index is 91.6. The Hall–Kier alpha value is 1.17. The van der Waals surface area contributed by atoms with Crippen molar-refractivity contribution in [2.24, 2.45) is 0 Å². The first-order valence-electron chi connectivity index (χ1n) is 3.64. The Morgan fingerprint density at radius 2 is 1.90 bits per heavy atom. The molecule has 0 unspecified atom stereocenters. The van der Waals surface area contributed by atoms with Crippen LogP contribution in [0.4, 0.5) is 0 Å². The van der Waals surface area contributed by atoms with E-state index in [1.165, 1.54) is 25.7 Å². The van der Waals surface area contributed by atoms with E-state index in [4.69, 9.17) is 4.74 Å². The minimum atomic E-state index is 0.533. The van der Waals surface area contributed by atoms with Gasteiger partial charge in [-0.05, 0) is 25.7 Å². The van der Waals surface area contributed by atoms with Gasteiger partial charge in [0, 0.05) is 3.92 Å². The summed E-state index contributed by atoms with van der Waals surface area (Å²) in [5.41, 5.74) is 0.698. The van der Waals surface area contributed by atoms with Crippen molar-refractivity contribution in [3.8, 4) is 0 Å². The van der Waals surface area contributed by atoms with Gasteiger partial charge < -0.3 is 4.74 Å². The molecule has 0 heterocycles. The molecule has 60 valence electrons. The van der Waals surface area contributed by atoms with Gasteiger partial charge in [-0.2, -0.15) is 0 Å². The van der Waals surface area contributed by atoms with Crippen LogP contribution in [-0.4, -0.2) is 15.5 Å². The van der Waals surface area contributed by atoms with Crippen LogP contribution >= 0.6 is 38.5 Å². The first-order chi connectivity index (χ1) is 4.83. The summed E-state index contributed by atoms with van der Waals surface area (Å²) in [6.45, 7) is 0. The van der Waals surface area contributed by atoms with Crippen LogP contribution in [0.3, 0.4) is 0 Å². The van der Waals surface area contributed by atoms with Crippen molar-refractivity contribution in [1.29, 1.82) is 0 Å². The number of rotatable bonds is 2. The van der Waals surface area contributed by atoms with Gasteiger partial charge in [0.05, 0.1) is 6.10 Å². The van der Waals surface area contributed by atoms with Crippen molar-refractivity contribution < 1.29 is 4.74 Å². The molecule has 1 rings (SSSR count). The lowest BCUT2D eigenvalue weighted by Crippen LogP contribution is -2.20. The van der Waals surface area contributed by atoms with Crippen LogP contribution in [0.1, 0.15) is 25.7 Å². The third kappa shape index (κ3) is 3.05. The van der Waals surface area contributed by atoms with Gasteiger partial charge in [-0.3, -0.25) is 0 Å². The lowest BCUT2D eigenvalue weighted by Gasteiger charge is -2.24. The maximum atomic E-state index is 5.44. The lowest BCUT2D eigenvalue weighted by molar-refractivity contribution is 0.0648. The zero-order chi connectivity index (χ0) is 7.40. The minimum absolute atomic E-state index is 0.533. The van der Waals surface area contributed by atoms with Gasteiger partial charge in [0.2, 0.25) is 0 Å². The van der Waals surface area contributed by atoms with Crippen molar-refractivity contribution in [3.05, 3.63) is 0 Å². The highest BCUT2D eigenvalue weighted by molar-refractivity contribution is 14.1. The van der Waals surface area contributed by atoms with Crippen molar-refractivity contribution in [3.63, 3.8) is 0 Å². The molecule has 1 fully saturated rings. The molecule has 1 nitrogen and oxygen atoms in total. The highest BCUT2D eigenvalue weighted by Gasteiger charge is 2.18. The summed E-state index contributed by atoms with van der Waals surface area (Å²) in [6.07, 6.45) is 5.69. The predicted molar refractivity (Wildman–Crippen MR) is 54.9 cm³/mol. The first-order valence-corrected chi connectivity index (χ1v) is 6.01. The third-order valence-electron chi connectivity index (χ3n) is 1.90. The number of halogens is 2. The lowest BCUT2D eigenvalue weighted by atomic mass is 9.98. The van der Waals surface area contributed by atoms with E-state index in [-0.39, 0.29) is 0 Å². The summed E-state index contributed by atoms with van der Waals surface area (Å²) in [4.78, 5) is 0. The van der Waals surface area contributed by atoms with Crippen LogP contribution in [0.5, 0.6) is 0 Å². The Morgan fingerprint density at radius 1 is 1.30 bits per heavy atom. The second kappa shape index (κ2) is 4.93. The topological polar surface area (TPSA) is 9.23 Å². The van der Waals surface area contributed by atoms with Gasteiger partial charge in [-0.1, -0.05) is 38.5 Å². The molecule has 0 radical (unpaired) electrons. The quantitative estimate of drug-likeness (QED) is 0.561. The van der Waals surface area contributed by atoms with Gasteiger partial charge in [-0.25, -0.2) is 0 Å². The van der Waals surface area contributed by atoms with E-state index in [1.54, 1.807) is 0 Å². The van der Waals surface area contributed by atoms with E-state index in [0.29, 0.717) is 11.6 Å². The molecule has 0 bridgehead atoms. The van der Waals surface area contributed by atoms with Crippen LogP contribution in [0.2, 0.25) is 0 Å². The molecule has 0 spiro atoms. The molecule has 0 N–H and O–H groups in total. The molecular formula is C7H12BrIO. The number of hydrogen-bond donors (Lipinski definition) is 0. The molecule has 3 heteroatoms. The molecular weight excluding hydrogens is 307 g/mol. The van der Waals surface area contributed by atoms with Crippen molar-refractivity contribution >= 4 is 38.5 Å². The average Bonchev–Trinajstić information content (AvgIpc) is 1.95. The van der Waals surface area contributed by atoms with Crippen LogP contribution in [-0.2, 0) is 4.74 Å². The summed E-state index contributed by atoms with van der Waals surface area (Å²) in [6, 6.07) is 0. The molecule has 0 aromatic heterocycles. The summed E-state index contributed by atoms with van der Waals surface area (Å²) in [5, 5.41) is 0. The Morgan fingerprint density at radius 3 is 2.40 bits per heavy atom. The second-order valence-electron chi connectivity index (χ2n) is 2.65. The van der Waals surface area contributed by atoms with E-state index in [9.17, 15) is 0 Å². The van der Waals surface area contributed by atoms with E-state index >= 15 is 0 Å². The predicted octanol–water partition coefficient (Wildman–Crippen LogP) is 3.10. The highest BCUT2D eigenvalue weighted by Crippen LogP contribution is 2.26. The molecule has 0 atom stereocenters. The van der Waals surface area contributed by atoms with Crippen molar-refractivity contribution in [1.82, 2.24) is 0 Å². The molecule has 1 aliphatic carbocycles. The Balaban J connectivity index is 2.13. The zero-order valence-corrected chi connectivity index (χ0v) is 9.60. The second-order valence-corrected chi connectivity index (χ2v) is 4.87. The summed E-state index contributed by atoms with van der Waals surface area (Å²) in [7, 11) is 0. The van der Waals surface area contributed by atoms with Gasteiger partial charge in [-0.15, -0.1) is 0 Å². The van der Waals surface area contributed by atoms with Gasteiger partial charge in [0.15, 0.2) is 0 Å². The third-order valence-corrected chi connectivity index (χ3v) is 3.41. The van der Waals surface area contributed by atoms with Crippen LogP contribution < -0.4 is 0 Å². The SMILES string of the molecule is BrCOC1CCC(I)CC1. The summed E-state index contributed by atoms with van der Waals surface area (Å²) >= 11 is 5.80. The molecule has 0 amide bonds. The molecule has 0 aliphatic heterocycles. The minimum Gasteiger partial charge on any atom is -0.367 e. The maximum Gasteiger partial charge on any atom is 0.102 e. The van der Waals surface area contributed by atoms with Crippen molar-refractivity contribution in [2.45, 2.75) is 35.7 Å². The van der Waals surface area contributed by atoms with E-state index in [0.717, 1.165) is 3.92 Å². The van der Waals surface area contributed by atoms with Gasteiger partial charge in [0.1, 0.15) is 5.52 Å². The maximum absolute atomic E-state index is 5.44.